The SMILES string of the molecule is COc1cc(/C=C2\SC(=O)N(C)C2=O)ccc1OCc1cccc2ccccc12. The second kappa shape index (κ2) is 8.01. The fraction of sp³-hybridized carbons (Fsp3) is 0.130. The van der Waals surface area contributed by atoms with E-state index >= 15 is 0 Å². The highest BCUT2D eigenvalue weighted by Gasteiger charge is 2.31. The van der Waals surface area contributed by atoms with Crippen molar-refractivity contribution in [3.8, 4) is 11.5 Å². The number of nitrogens with zero attached hydrogens (tertiary/aromatic N) is 1. The largest absolute Gasteiger partial charge is 0.493 e. The van der Waals surface area contributed by atoms with E-state index in [-0.39, 0.29) is 11.1 Å². The zero-order valence-corrected chi connectivity index (χ0v) is 16.9. The van der Waals surface area contributed by atoms with Crippen molar-refractivity contribution in [1.29, 1.82) is 0 Å². The highest BCUT2D eigenvalue weighted by Crippen LogP contribution is 2.34. The minimum absolute atomic E-state index is 0.275. The maximum atomic E-state index is 12.1. The Morgan fingerprint density at radius 3 is 2.55 bits per heavy atom. The molecule has 0 saturated carbocycles. The van der Waals surface area contributed by atoms with E-state index in [1.165, 1.54) is 12.4 Å². The Hall–Kier alpha value is -3.25. The molecule has 0 spiro atoms. The van der Waals surface area contributed by atoms with Gasteiger partial charge >= 0.3 is 0 Å². The summed E-state index contributed by atoms with van der Waals surface area (Å²) in [5.41, 5.74) is 1.85. The van der Waals surface area contributed by atoms with Crippen LogP contribution in [-0.4, -0.2) is 30.2 Å². The summed E-state index contributed by atoms with van der Waals surface area (Å²) in [5, 5.41) is 2.05. The molecule has 2 amide bonds. The van der Waals surface area contributed by atoms with Crippen LogP contribution in [-0.2, 0) is 11.4 Å². The van der Waals surface area contributed by atoms with Gasteiger partial charge in [0.05, 0.1) is 12.0 Å². The first-order valence-corrected chi connectivity index (χ1v) is 9.87. The van der Waals surface area contributed by atoms with E-state index < -0.39 is 0 Å². The third-order valence-electron chi connectivity index (χ3n) is 4.74. The smallest absolute Gasteiger partial charge is 0.293 e. The number of methoxy groups -OCH3 is 1. The predicted molar refractivity (Wildman–Crippen MR) is 115 cm³/mol. The first kappa shape index (κ1) is 19.1. The number of carbonyl (C=O) groups is 2. The first-order valence-electron chi connectivity index (χ1n) is 9.06. The van der Waals surface area contributed by atoms with Crippen LogP contribution in [0.15, 0.2) is 65.6 Å². The van der Waals surface area contributed by atoms with Gasteiger partial charge in [0.15, 0.2) is 11.5 Å². The van der Waals surface area contributed by atoms with Crippen LogP contribution >= 0.6 is 11.8 Å². The second-order valence-corrected chi connectivity index (χ2v) is 7.57. The minimum Gasteiger partial charge on any atom is -0.493 e. The van der Waals surface area contributed by atoms with Gasteiger partial charge in [0.1, 0.15) is 6.61 Å². The van der Waals surface area contributed by atoms with Crippen LogP contribution in [0.25, 0.3) is 16.8 Å². The molecule has 1 heterocycles. The normalized spacial score (nSPS) is 15.4. The van der Waals surface area contributed by atoms with E-state index in [2.05, 4.69) is 18.2 Å². The molecule has 0 radical (unpaired) electrons. The Morgan fingerprint density at radius 1 is 1.00 bits per heavy atom. The van der Waals surface area contributed by atoms with Crippen molar-refractivity contribution >= 4 is 39.8 Å². The van der Waals surface area contributed by atoms with Crippen molar-refractivity contribution in [1.82, 2.24) is 4.90 Å². The number of thioether (sulfide) groups is 1. The summed E-state index contributed by atoms with van der Waals surface area (Å²) in [6.45, 7) is 0.409. The molecule has 0 aromatic heterocycles. The molecule has 3 aromatic rings. The lowest BCUT2D eigenvalue weighted by Gasteiger charge is -2.13. The number of carbonyl (C=O) groups excluding carboxylic acids is 2. The van der Waals surface area contributed by atoms with Gasteiger partial charge < -0.3 is 9.47 Å². The Labute approximate surface area is 172 Å². The van der Waals surface area contributed by atoms with Gasteiger partial charge in [0, 0.05) is 7.05 Å². The number of ether oxygens (including phenoxy) is 2. The maximum Gasteiger partial charge on any atom is 0.293 e. The van der Waals surface area contributed by atoms with Crippen LogP contribution in [0.3, 0.4) is 0 Å². The molecule has 1 fully saturated rings. The second-order valence-electron chi connectivity index (χ2n) is 6.58. The van der Waals surface area contributed by atoms with Crippen molar-refractivity contribution in [3.63, 3.8) is 0 Å². The number of amides is 2. The van der Waals surface area contributed by atoms with Crippen LogP contribution in [0.4, 0.5) is 4.79 Å². The van der Waals surface area contributed by atoms with Crippen molar-refractivity contribution in [3.05, 3.63) is 76.7 Å². The van der Waals surface area contributed by atoms with Crippen LogP contribution in [0, 0.1) is 0 Å². The minimum atomic E-state index is -0.296. The molecular formula is C23H19NO4S. The summed E-state index contributed by atoms with van der Waals surface area (Å²) in [7, 11) is 3.05. The standard InChI is InChI=1S/C23H19NO4S/c1-24-22(25)21(29-23(24)26)13-15-10-11-19(20(12-15)27-2)28-14-17-8-5-7-16-6-3-4-9-18(16)17/h3-13H,14H2,1-2H3/b21-13-. The van der Waals surface area contributed by atoms with Gasteiger partial charge in [-0.25, -0.2) is 0 Å². The summed E-state index contributed by atoms with van der Waals surface area (Å²) in [6, 6.07) is 19.8. The van der Waals surface area contributed by atoms with Crippen LogP contribution < -0.4 is 9.47 Å². The molecule has 0 bridgehead atoms. The van der Waals surface area contributed by atoms with E-state index in [4.69, 9.17) is 9.47 Å². The number of fused-ring (bicyclic) bond motifs is 1. The Balaban J connectivity index is 1.56. The van der Waals surface area contributed by atoms with E-state index in [1.807, 2.05) is 36.4 Å². The Bertz CT molecular complexity index is 1130. The molecule has 1 aliphatic heterocycles. The molecule has 6 heteroatoms. The quantitative estimate of drug-likeness (QED) is 0.553. The van der Waals surface area contributed by atoms with Crippen molar-refractivity contribution in [2.24, 2.45) is 0 Å². The molecule has 3 aromatic carbocycles. The fourth-order valence-electron chi connectivity index (χ4n) is 3.16. The fourth-order valence-corrected chi connectivity index (χ4v) is 3.99. The zero-order chi connectivity index (χ0) is 20.4. The molecule has 4 rings (SSSR count). The molecule has 0 atom stereocenters. The first-order chi connectivity index (χ1) is 14.1. The van der Waals surface area contributed by atoms with Crippen LogP contribution in [0.2, 0.25) is 0 Å². The summed E-state index contributed by atoms with van der Waals surface area (Å²) >= 11 is 0.929. The third kappa shape index (κ3) is 3.84. The third-order valence-corrected chi connectivity index (χ3v) is 5.70. The average molecular weight is 405 g/mol. The van der Waals surface area contributed by atoms with E-state index in [1.54, 1.807) is 19.3 Å². The summed E-state index contributed by atoms with van der Waals surface area (Å²) in [4.78, 5) is 25.2. The van der Waals surface area contributed by atoms with Gasteiger partial charge in [-0.1, -0.05) is 48.5 Å². The van der Waals surface area contributed by atoms with Gasteiger partial charge in [-0.2, -0.15) is 0 Å². The molecule has 29 heavy (non-hydrogen) atoms. The molecule has 1 saturated heterocycles. The van der Waals surface area contributed by atoms with Crippen molar-refractivity contribution in [2.45, 2.75) is 6.61 Å². The summed E-state index contributed by atoms with van der Waals surface area (Å²) in [6.07, 6.45) is 1.69. The summed E-state index contributed by atoms with van der Waals surface area (Å²) < 4.78 is 11.5. The highest BCUT2D eigenvalue weighted by atomic mass is 32.2. The topological polar surface area (TPSA) is 55.8 Å². The number of likely N-dealkylation sites (N-methyl/N-ethyl adjacent to an activating group) is 1. The maximum absolute atomic E-state index is 12.1. The molecular weight excluding hydrogens is 386 g/mol. The monoisotopic (exact) mass is 405 g/mol. The Morgan fingerprint density at radius 2 is 1.79 bits per heavy atom. The summed E-state index contributed by atoms with van der Waals surface area (Å²) in [5.74, 6) is 0.881. The molecule has 0 unspecified atom stereocenters. The highest BCUT2D eigenvalue weighted by molar-refractivity contribution is 8.18. The lowest BCUT2D eigenvalue weighted by molar-refractivity contribution is -0.121. The number of benzene rings is 3. The molecule has 146 valence electrons. The zero-order valence-electron chi connectivity index (χ0n) is 16.0. The van der Waals surface area contributed by atoms with Gasteiger partial charge in [-0.05, 0) is 51.9 Å². The predicted octanol–water partition coefficient (Wildman–Crippen LogP) is 5.09. The van der Waals surface area contributed by atoms with Gasteiger partial charge in [-0.3, -0.25) is 14.5 Å². The van der Waals surface area contributed by atoms with Crippen molar-refractivity contribution in [2.75, 3.05) is 14.2 Å². The molecule has 1 aliphatic rings. The average Bonchev–Trinajstić information content (AvgIpc) is 2.99. The number of rotatable bonds is 5. The molecule has 0 N–H and O–H groups in total. The van der Waals surface area contributed by atoms with E-state index in [0.717, 1.165) is 33.2 Å². The van der Waals surface area contributed by atoms with E-state index in [0.29, 0.717) is 23.0 Å². The van der Waals surface area contributed by atoms with Crippen LogP contribution in [0.1, 0.15) is 11.1 Å². The number of imide groups is 1. The van der Waals surface area contributed by atoms with Gasteiger partial charge in [0.2, 0.25) is 0 Å². The molecule has 5 nitrogen and oxygen atoms in total. The van der Waals surface area contributed by atoms with Crippen LogP contribution in [0.5, 0.6) is 11.5 Å². The lowest BCUT2D eigenvalue weighted by atomic mass is 10.1. The Kier molecular flexibility index (Phi) is 5.27. The van der Waals surface area contributed by atoms with Gasteiger partial charge in [-0.15, -0.1) is 0 Å². The number of hydrogen-bond donors (Lipinski definition) is 0. The lowest BCUT2D eigenvalue weighted by Crippen LogP contribution is -2.22. The van der Waals surface area contributed by atoms with E-state index in [9.17, 15) is 9.59 Å². The number of hydrogen-bond acceptors (Lipinski definition) is 5. The van der Waals surface area contributed by atoms with Crippen molar-refractivity contribution < 1.29 is 19.1 Å². The molecule has 0 aliphatic carbocycles. The van der Waals surface area contributed by atoms with Gasteiger partial charge in [0.25, 0.3) is 11.1 Å².